The second-order valence-electron chi connectivity index (χ2n) is 3.69. The van der Waals surface area contributed by atoms with Crippen LogP contribution in [0.2, 0.25) is 5.02 Å². The molecule has 0 saturated heterocycles. The van der Waals surface area contributed by atoms with Gasteiger partial charge in [-0.3, -0.25) is 4.79 Å². The van der Waals surface area contributed by atoms with Gasteiger partial charge >= 0.3 is 0 Å². The van der Waals surface area contributed by atoms with Crippen LogP contribution in [0.25, 0.3) is 6.08 Å². The van der Waals surface area contributed by atoms with E-state index in [9.17, 15) is 4.79 Å². The third-order valence-corrected chi connectivity index (χ3v) is 3.55. The summed E-state index contributed by atoms with van der Waals surface area (Å²) < 4.78 is 0. The van der Waals surface area contributed by atoms with Crippen molar-refractivity contribution in [3.8, 4) is 0 Å². The Bertz CT molecular complexity index is 611. The summed E-state index contributed by atoms with van der Waals surface area (Å²) in [6.45, 7) is 0. The number of halogens is 1. The average Bonchev–Trinajstić information content (AvgIpc) is 2.40. The van der Waals surface area contributed by atoms with Gasteiger partial charge in [-0.15, -0.1) is 0 Å². The van der Waals surface area contributed by atoms with Crippen LogP contribution in [-0.2, 0) is 4.79 Å². The molecule has 96 valence electrons. The fourth-order valence-electron chi connectivity index (χ4n) is 1.40. The summed E-state index contributed by atoms with van der Waals surface area (Å²) in [5.74, 6) is -0.480. The number of amides is 1. The maximum Gasteiger partial charge on any atom is 0.241 e. The molecule has 0 saturated carbocycles. The lowest BCUT2D eigenvalue weighted by molar-refractivity contribution is -0.113. The lowest BCUT2D eigenvalue weighted by atomic mass is 10.2. The van der Waals surface area contributed by atoms with Crippen molar-refractivity contribution in [2.24, 2.45) is 5.73 Å². The molecule has 0 unspecified atom stereocenters. The van der Waals surface area contributed by atoms with Crippen LogP contribution in [0, 0.1) is 0 Å². The first-order valence-corrected chi connectivity index (χ1v) is 6.70. The first-order valence-electron chi connectivity index (χ1n) is 5.51. The molecule has 0 aliphatic carbocycles. The number of nitrogens with two attached hydrogens (primary N) is 1. The van der Waals surface area contributed by atoms with Gasteiger partial charge in [0.05, 0.1) is 0 Å². The molecule has 5 heteroatoms. The topological polar surface area (TPSA) is 56.0 Å². The first-order chi connectivity index (χ1) is 9.15. The molecule has 0 fully saturated rings. The highest BCUT2D eigenvalue weighted by atomic mass is 35.5. The van der Waals surface area contributed by atoms with E-state index in [0.29, 0.717) is 5.02 Å². The Kier molecular flexibility index (Phi) is 4.60. The molecule has 0 atom stereocenters. The SMILES string of the molecule is NC(=O)/C=C/c1cccnc1Sc1ccc(Cl)cc1. The van der Waals surface area contributed by atoms with E-state index in [1.165, 1.54) is 17.8 Å². The van der Waals surface area contributed by atoms with E-state index in [4.69, 9.17) is 17.3 Å². The van der Waals surface area contributed by atoms with Crippen molar-refractivity contribution in [1.29, 1.82) is 0 Å². The minimum Gasteiger partial charge on any atom is -0.366 e. The predicted octanol–water partition coefficient (Wildman–Crippen LogP) is 3.38. The maximum absolute atomic E-state index is 10.8. The van der Waals surface area contributed by atoms with Gasteiger partial charge < -0.3 is 5.73 Å². The molecule has 0 radical (unpaired) electrons. The van der Waals surface area contributed by atoms with E-state index in [1.807, 2.05) is 36.4 Å². The second-order valence-corrected chi connectivity index (χ2v) is 5.19. The van der Waals surface area contributed by atoms with Gasteiger partial charge in [-0.05, 0) is 36.4 Å². The molecule has 0 bridgehead atoms. The van der Waals surface area contributed by atoms with Gasteiger partial charge in [0, 0.05) is 27.8 Å². The van der Waals surface area contributed by atoms with E-state index >= 15 is 0 Å². The highest BCUT2D eigenvalue weighted by Crippen LogP contribution is 2.29. The van der Waals surface area contributed by atoms with Crippen LogP contribution in [0.5, 0.6) is 0 Å². The molecule has 2 aromatic rings. The summed E-state index contributed by atoms with van der Waals surface area (Å²) in [5.41, 5.74) is 5.94. The third kappa shape index (κ3) is 4.12. The van der Waals surface area contributed by atoms with Crippen LogP contribution < -0.4 is 5.73 Å². The zero-order valence-corrected chi connectivity index (χ0v) is 11.5. The Balaban J connectivity index is 2.24. The van der Waals surface area contributed by atoms with E-state index in [2.05, 4.69) is 4.98 Å². The number of carbonyl (C=O) groups is 1. The second kappa shape index (κ2) is 6.41. The van der Waals surface area contributed by atoms with Gasteiger partial charge in [0.15, 0.2) is 0 Å². The van der Waals surface area contributed by atoms with Crippen LogP contribution in [-0.4, -0.2) is 10.9 Å². The largest absolute Gasteiger partial charge is 0.366 e. The van der Waals surface area contributed by atoms with Gasteiger partial charge in [0.2, 0.25) is 5.91 Å². The fraction of sp³-hybridized carbons (Fsp3) is 0. The Hall–Kier alpha value is -1.78. The van der Waals surface area contributed by atoms with Gasteiger partial charge in [0.25, 0.3) is 0 Å². The van der Waals surface area contributed by atoms with Crippen LogP contribution in [0.1, 0.15) is 5.56 Å². The van der Waals surface area contributed by atoms with Crippen molar-refractivity contribution >= 4 is 35.3 Å². The lowest BCUT2D eigenvalue weighted by Gasteiger charge is -2.04. The van der Waals surface area contributed by atoms with Gasteiger partial charge in [-0.25, -0.2) is 4.98 Å². The zero-order chi connectivity index (χ0) is 13.7. The van der Waals surface area contributed by atoms with Crippen molar-refractivity contribution in [2.75, 3.05) is 0 Å². The van der Waals surface area contributed by atoms with Crippen LogP contribution >= 0.6 is 23.4 Å². The molecule has 1 aromatic carbocycles. The minimum atomic E-state index is -0.480. The average molecular weight is 291 g/mol. The van der Waals surface area contributed by atoms with E-state index in [-0.39, 0.29) is 0 Å². The van der Waals surface area contributed by atoms with E-state index < -0.39 is 5.91 Å². The number of rotatable bonds is 4. The molecule has 1 aromatic heterocycles. The molecule has 2 N–H and O–H groups in total. The quantitative estimate of drug-likeness (QED) is 0.878. The molecule has 1 amide bonds. The van der Waals surface area contributed by atoms with Crippen LogP contribution in [0.15, 0.2) is 58.6 Å². The summed E-state index contributed by atoms with van der Waals surface area (Å²) >= 11 is 7.34. The number of nitrogens with zero attached hydrogens (tertiary/aromatic N) is 1. The van der Waals surface area contributed by atoms with Gasteiger partial charge in [0.1, 0.15) is 5.03 Å². The van der Waals surface area contributed by atoms with Crippen molar-refractivity contribution in [1.82, 2.24) is 4.98 Å². The highest BCUT2D eigenvalue weighted by Gasteiger charge is 2.03. The molecular formula is C14H11ClN2OS. The summed E-state index contributed by atoms with van der Waals surface area (Å²) in [7, 11) is 0. The van der Waals surface area contributed by atoms with Crippen molar-refractivity contribution in [2.45, 2.75) is 9.92 Å². The predicted molar refractivity (Wildman–Crippen MR) is 78.0 cm³/mol. The summed E-state index contributed by atoms with van der Waals surface area (Å²) in [5, 5.41) is 1.50. The fourth-order valence-corrected chi connectivity index (χ4v) is 2.39. The Labute approximate surface area is 120 Å². The molecule has 0 aliphatic rings. The first kappa shape index (κ1) is 13.6. The Morgan fingerprint density at radius 1 is 1.26 bits per heavy atom. The van der Waals surface area contributed by atoms with Crippen molar-refractivity contribution < 1.29 is 4.79 Å². The van der Waals surface area contributed by atoms with E-state index in [0.717, 1.165) is 15.5 Å². The number of primary amides is 1. The van der Waals surface area contributed by atoms with Crippen LogP contribution in [0.3, 0.4) is 0 Å². The highest BCUT2D eigenvalue weighted by molar-refractivity contribution is 7.99. The maximum atomic E-state index is 10.8. The molecule has 0 aliphatic heterocycles. The lowest BCUT2D eigenvalue weighted by Crippen LogP contribution is -2.05. The smallest absolute Gasteiger partial charge is 0.241 e. The zero-order valence-electron chi connectivity index (χ0n) is 9.92. The number of benzene rings is 1. The van der Waals surface area contributed by atoms with E-state index in [1.54, 1.807) is 12.3 Å². The summed E-state index contributed by atoms with van der Waals surface area (Å²) in [6, 6.07) is 11.2. The van der Waals surface area contributed by atoms with Crippen LogP contribution in [0.4, 0.5) is 0 Å². The molecule has 1 heterocycles. The van der Waals surface area contributed by atoms with Gasteiger partial charge in [-0.1, -0.05) is 29.4 Å². The Morgan fingerprint density at radius 3 is 2.68 bits per heavy atom. The number of carbonyl (C=O) groups excluding carboxylic acids is 1. The monoisotopic (exact) mass is 290 g/mol. The van der Waals surface area contributed by atoms with Crippen molar-refractivity contribution in [3.05, 3.63) is 59.3 Å². The molecule has 2 rings (SSSR count). The Morgan fingerprint density at radius 2 is 2.00 bits per heavy atom. The molecule has 19 heavy (non-hydrogen) atoms. The summed E-state index contributed by atoms with van der Waals surface area (Å²) in [6.07, 6.45) is 4.69. The third-order valence-electron chi connectivity index (χ3n) is 2.26. The molecular weight excluding hydrogens is 280 g/mol. The number of aromatic nitrogens is 1. The van der Waals surface area contributed by atoms with Crippen molar-refractivity contribution in [3.63, 3.8) is 0 Å². The molecule has 0 spiro atoms. The minimum absolute atomic E-state index is 0.480. The molecule has 3 nitrogen and oxygen atoms in total. The standard InChI is InChI=1S/C14H11ClN2OS/c15-11-4-6-12(7-5-11)19-14-10(2-1-9-17-14)3-8-13(16)18/h1-9H,(H2,16,18)/b8-3+. The normalized spacial score (nSPS) is 10.8. The number of pyridine rings is 1. The number of hydrogen-bond acceptors (Lipinski definition) is 3. The van der Waals surface area contributed by atoms with Gasteiger partial charge in [-0.2, -0.15) is 0 Å². The number of hydrogen-bond donors (Lipinski definition) is 1. The summed E-state index contributed by atoms with van der Waals surface area (Å²) in [4.78, 5) is 16.1.